The Kier molecular flexibility index (Phi) is 4.87. The van der Waals surface area contributed by atoms with Gasteiger partial charge in [-0.15, -0.1) is 0 Å². The van der Waals surface area contributed by atoms with E-state index in [-0.39, 0.29) is 5.54 Å². The topological polar surface area (TPSA) is 15.3 Å². The Hall–Kier alpha value is -0.860. The van der Waals surface area contributed by atoms with Gasteiger partial charge in [-0.2, -0.15) is 0 Å². The van der Waals surface area contributed by atoms with Crippen molar-refractivity contribution in [3.8, 4) is 0 Å². The van der Waals surface area contributed by atoms with Gasteiger partial charge in [0, 0.05) is 11.6 Å². The third kappa shape index (κ3) is 3.24. The molecular formula is C18H30N2. The molecule has 1 aromatic rings. The minimum atomic E-state index is 0.212. The van der Waals surface area contributed by atoms with Crippen LogP contribution in [-0.2, 0) is 6.42 Å². The zero-order chi connectivity index (χ0) is 14.8. The molecule has 1 aliphatic heterocycles. The van der Waals surface area contributed by atoms with Crippen LogP contribution in [0.1, 0.15) is 43.4 Å². The average Bonchev–Trinajstić information content (AvgIpc) is 2.94. The third-order valence-corrected chi connectivity index (χ3v) is 5.13. The van der Waals surface area contributed by atoms with Crippen LogP contribution in [0.4, 0.5) is 0 Å². The van der Waals surface area contributed by atoms with E-state index in [4.69, 9.17) is 0 Å². The van der Waals surface area contributed by atoms with E-state index in [1.807, 2.05) is 0 Å². The third-order valence-electron chi connectivity index (χ3n) is 5.13. The number of benzene rings is 1. The first-order valence-corrected chi connectivity index (χ1v) is 7.93. The van der Waals surface area contributed by atoms with Crippen LogP contribution in [-0.4, -0.2) is 36.6 Å². The average molecular weight is 274 g/mol. The number of hydrogen-bond acceptors (Lipinski definition) is 2. The van der Waals surface area contributed by atoms with Crippen molar-refractivity contribution in [1.29, 1.82) is 0 Å². The van der Waals surface area contributed by atoms with Crippen molar-refractivity contribution in [3.05, 3.63) is 34.9 Å². The maximum absolute atomic E-state index is 3.56. The van der Waals surface area contributed by atoms with Crippen molar-refractivity contribution in [2.45, 2.75) is 58.5 Å². The smallest absolute Gasteiger partial charge is 0.0309 e. The summed E-state index contributed by atoms with van der Waals surface area (Å²) in [4.78, 5) is 2.65. The molecule has 2 heteroatoms. The quantitative estimate of drug-likeness (QED) is 0.886. The lowest BCUT2D eigenvalue weighted by Gasteiger charge is -2.42. The molecule has 0 spiro atoms. The van der Waals surface area contributed by atoms with Crippen LogP contribution >= 0.6 is 0 Å². The summed E-state index contributed by atoms with van der Waals surface area (Å²) in [6.45, 7) is 11.7. The molecule has 1 saturated heterocycles. The lowest BCUT2D eigenvalue weighted by atomic mass is 9.87. The summed E-state index contributed by atoms with van der Waals surface area (Å²) >= 11 is 0. The van der Waals surface area contributed by atoms with Crippen LogP contribution < -0.4 is 5.32 Å². The summed E-state index contributed by atoms with van der Waals surface area (Å²) in [5, 5.41) is 3.56. The first-order valence-electron chi connectivity index (χ1n) is 7.93. The molecule has 0 aromatic heterocycles. The first-order chi connectivity index (χ1) is 9.45. The highest BCUT2D eigenvalue weighted by Gasteiger charge is 2.35. The van der Waals surface area contributed by atoms with Gasteiger partial charge in [-0.25, -0.2) is 0 Å². The van der Waals surface area contributed by atoms with Gasteiger partial charge in [0.05, 0.1) is 0 Å². The van der Waals surface area contributed by atoms with E-state index in [2.05, 4.69) is 63.2 Å². The molecule has 20 heavy (non-hydrogen) atoms. The molecule has 0 amide bonds. The molecule has 1 unspecified atom stereocenters. The molecule has 0 radical (unpaired) electrons. The van der Waals surface area contributed by atoms with Gasteiger partial charge in [-0.3, -0.25) is 4.90 Å². The minimum Gasteiger partial charge on any atom is -0.315 e. The number of aryl methyl sites for hydroxylation is 2. The molecule has 1 aliphatic rings. The predicted molar refractivity (Wildman–Crippen MR) is 87.4 cm³/mol. The van der Waals surface area contributed by atoms with E-state index in [1.165, 1.54) is 42.6 Å². The summed E-state index contributed by atoms with van der Waals surface area (Å²) in [6, 6.07) is 7.37. The molecule has 0 aliphatic carbocycles. The molecule has 1 atom stereocenters. The summed E-state index contributed by atoms with van der Waals surface area (Å²) in [5.74, 6) is 0. The summed E-state index contributed by atoms with van der Waals surface area (Å²) in [7, 11) is 2.10. The van der Waals surface area contributed by atoms with Gasteiger partial charge >= 0.3 is 0 Å². The van der Waals surface area contributed by atoms with Gasteiger partial charge < -0.3 is 5.32 Å². The van der Waals surface area contributed by atoms with Crippen molar-refractivity contribution in [3.63, 3.8) is 0 Å². The normalized spacial score (nSPS) is 18.4. The number of rotatable bonds is 5. The van der Waals surface area contributed by atoms with Crippen LogP contribution in [0, 0.1) is 13.8 Å². The van der Waals surface area contributed by atoms with Crippen LogP contribution in [0.2, 0.25) is 0 Å². The molecule has 1 N–H and O–H groups in total. The lowest BCUT2D eigenvalue weighted by molar-refractivity contribution is 0.110. The van der Waals surface area contributed by atoms with Crippen molar-refractivity contribution in [1.82, 2.24) is 10.2 Å². The van der Waals surface area contributed by atoms with E-state index in [9.17, 15) is 0 Å². The molecule has 1 fully saturated rings. The Morgan fingerprint density at radius 2 is 1.80 bits per heavy atom. The van der Waals surface area contributed by atoms with Gasteiger partial charge in [0.2, 0.25) is 0 Å². The van der Waals surface area contributed by atoms with Gasteiger partial charge in [0.15, 0.2) is 0 Å². The number of nitrogens with one attached hydrogen (secondary N) is 1. The Morgan fingerprint density at radius 3 is 2.35 bits per heavy atom. The molecule has 0 saturated carbocycles. The van der Waals surface area contributed by atoms with Crippen LogP contribution in [0.15, 0.2) is 18.2 Å². The Balaban J connectivity index is 2.13. The summed E-state index contributed by atoms with van der Waals surface area (Å²) in [5.41, 5.74) is 4.44. The van der Waals surface area contributed by atoms with E-state index in [1.54, 1.807) is 0 Å². The van der Waals surface area contributed by atoms with Crippen molar-refractivity contribution in [2.24, 2.45) is 0 Å². The van der Waals surface area contributed by atoms with E-state index in [0.717, 1.165) is 6.42 Å². The Labute approximate surface area is 124 Å². The lowest BCUT2D eigenvalue weighted by Crippen LogP contribution is -2.57. The maximum atomic E-state index is 3.56. The SMILES string of the molecule is CNC(Cc1ccc(C)c(C)c1)C(C)(C)N1CCCC1. The minimum absolute atomic E-state index is 0.212. The summed E-state index contributed by atoms with van der Waals surface area (Å²) < 4.78 is 0. The fourth-order valence-electron chi connectivity index (χ4n) is 3.39. The Bertz CT molecular complexity index is 445. The van der Waals surface area contributed by atoms with E-state index < -0.39 is 0 Å². The number of hydrogen-bond donors (Lipinski definition) is 1. The van der Waals surface area contributed by atoms with Crippen molar-refractivity contribution in [2.75, 3.05) is 20.1 Å². The van der Waals surface area contributed by atoms with E-state index in [0.29, 0.717) is 6.04 Å². The molecule has 112 valence electrons. The van der Waals surface area contributed by atoms with E-state index >= 15 is 0 Å². The molecule has 2 rings (SSSR count). The van der Waals surface area contributed by atoms with Crippen LogP contribution in [0.3, 0.4) is 0 Å². The molecule has 1 aromatic carbocycles. The maximum Gasteiger partial charge on any atom is 0.0309 e. The highest BCUT2D eigenvalue weighted by atomic mass is 15.2. The van der Waals surface area contributed by atoms with Crippen molar-refractivity contribution < 1.29 is 0 Å². The monoisotopic (exact) mass is 274 g/mol. The Morgan fingerprint density at radius 1 is 1.15 bits per heavy atom. The second-order valence-corrected chi connectivity index (χ2v) is 6.81. The molecule has 2 nitrogen and oxygen atoms in total. The van der Waals surface area contributed by atoms with Gasteiger partial charge in [-0.05, 0) is 83.8 Å². The number of likely N-dealkylation sites (N-methyl/N-ethyl adjacent to an activating group) is 1. The van der Waals surface area contributed by atoms with Crippen molar-refractivity contribution >= 4 is 0 Å². The van der Waals surface area contributed by atoms with Gasteiger partial charge in [-0.1, -0.05) is 18.2 Å². The van der Waals surface area contributed by atoms with Gasteiger partial charge in [0.1, 0.15) is 0 Å². The largest absolute Gasteiger partial charge is 0.315 e. The highest BCUT2D eigenvalue weighted by Crippen LogP contribution is 2.26. The van der Waals surface area contributed by atoms with Gasteiger partial charge in [0.25, 0.3) is 0 Å². The summed E-state index contributed by atoms with van der Waals surface area (Å²) in [6.07, 6.45) is 3.80. The zero-order valence-electron chi connectivity index (χ0n) is 13.8. The number of nitrogens with zero attached hydrogens (tertiary/aromatic N) is 1. The number of likely N-dealkylation sites (tertiary alicyclic amines) is 1. The standard InChI is InChI=1S/C18H30N2/c1-14-8-9-16(12-15(14)2)13-17(19-5)18(3,4)20-10-6-7-11-20/h8-9,12,17,19H,6-7,10-11,13H2,1-5H3. The predicted octanol–water partition coefficient (Wildman–Crippen LogP) is 3.31. The second-order valence-electron chi connectivity index (χ2n) is 6.81. The van der Waals surface area contributed by atoms with Crippen LogP contribution in [0.25, 0.3) is 0 Å². The second kappa shape index (κ2) is 6.28. The zero-order valence-corrected chi connectivity index (χ0v) is 13.8. The fourth-order valence-corrected chi connectivity index (χ4v) is 3.39. The first kappa shape index (κ1) is 15.5. The molecule has 1 heterocycles. The molecule has 0 bridgehead atoms. The fraction of sp³-hybridized carbons (Fsp3) is 0.667. The highest BCUT2D eigenvalue weighted by molar-refractivity contribution is 5.30. The molecular weight excluding hydrogens is 244 g/mol. The van der Waals surface area contributed by atoms with Crippen LogP contribution in [0.5, 0.6) is 0 Å².